The van der Waals surface area contributed by atoms with E-state index in [1.165, 1.54) is 0 Å². The van der Waals surface area contributed by atoms with Gasteiger partial charge in [0, 0.05) is 5.92 Å². The van der Waals surface area contributed by atoms with Crippen molar-refractivity contribution in [3.05, 3.63) is 0 Å². The SMILES string of the molecule is O[C@@]12[C@H]3[C@H]4C[C@@H]1[C@](O)([C@H]43)[C@]1(O)[C@H]3[C@H]4C[C@@H]1[C@@H]2[C@H]43. The maximum atomic E-state index is 11.2. The van der Waals surface area contributed by atoms with Crippen LogP contribution >= 0.6 is 0 Å². The van der Waals surface area contributed by atoms with Crippen molar-refractivity contribution in [2.45, 2.75) is 29.6 Å². The van der Waals surface area contributed by atoms with Crippen molar-refractivity contribution >= 4 is 0 Å². The minimum Gasteiger partial charge on any atom is -0.389 e. The molecule has 0 radical (unpaired) electrons. The molecule has 0 aromatic rings. The van der Waals surface area contributed by atoms with Gasteiger partial charge in [-0.05, 0) is 60.2 Å². The molecular formula is C14H16O3. The molecular weight excluding hydrogens is 216 g/mol. The fourth-order valence-electron chi connectivity index (χ4n) is 8.77. The molecule has 12 bridgehead atoms. The Hall–Kier alpha value is -0.120. The molecule has 0 aliphatic heterocycles. The second kappa shape index (κ2) is 1.60. The molecule has 3 N–H and O–H groups in total. The monoisotopic (exact) mass is 232 g/mol. The maximum absolute atomic E-state index is 11.2. The highest BCUT2D eigenvalue weighted by molar-refractivity contribution is 5.50. The van der Waals surface area contributed by atoms with Gasteiger partial charge in [0.25, 0.3) is 0 Å². The summed E-state index contributed by atoms with van der Waals surface area (Å²) < 4.78 is 0. The summed E-state index contributed by atoms with van der Waals surface area (Å²) in [5.41, 5.74) is -2.27. The van der Waals surface area contributed by atoms with Crippen LogP contribution < -0.4 is 0 Å². The van der Waals surface area contributed by atoms with Crippen molar-refractivity contribution in [2.75, 3.05) is 0 Å². The van der Waals surface area contributed by atoms with Gasteiger partial charge >= 0.3 is 0 Å². The van der Waals surface area contributed by atoms with Crippen molar-refractivity contribution in [3.8, 4) is 0 Å². The predicted molar refractivity (Wildman–Crippen MR) is 55.5 cm³/mol. The number of rotatable bonds is 0. The summed E-state index contributed by atoms with van der Waals surface area (Å²) in [4.78, 5) is 0. The number of hydrogen-bond donors (Lipinski definition) is 3. The summed E-state index contributed by atoms with van der Waals surface area (Å²) >= 11 is 0. The summed E-state index contributed by atoms with van der Waals surface area (Å²) in [5.74, 6) is 3.26. The van der Waals surface area contributed by atoms with Gasteiger partial charge in [0.05, 0.1) is 5.60 Å². The van der Waals surface area contributed by atoms with Crippen molar-refractivity contribution in [2.24, 2.45) is 53.3 Å². The fraction of sp³-hybridized carbons (Fsp3) is 1.00. The molecule has 3 heteroatoms. The average molecular weight is 232 g/mol. The molecule has 9 fully saturated rings. The van der Waals surface area contributed by atoms with Crippen LogP contribution in [0.4, 0.5) is 0 Å². The first kappa shape index (κ1) is 8.13. The number of hydrogen-bond acceptors (Lipinski definition) is 3. The molecule has 9 aliphatic carbocycles. The fourth-order valence-corrected chi connectivity index (χ4v) is 8.77. The lowest BCUT2D eigenvalue weighted by Crippen LogP contribution is -2.67. The Morgan fingerprint density at radius 1 is 0.765 bits per heavy atom. The van der Waals surface area contributed by atoms with Crippen molar-refractivity contribution in [1.82, 2.24) is 0 Å². The Balaban J connectivity index is 1.66. The van der Waals surface area contributed by atoms with E-state index in [0.717, 1.165) is 12.8 Å². The third-order valence-corrected chi connectivity index (χ3v) is 8.66. The maximum Gasteiger partial charge on any atom is 0.103 e. The van der Waals surface area contributed by atoms with Crippen LogP contribution in [0.1, 0.15) is 12.8 Å². The molecule has 90 valence electrons. The molecule has 17 heavy (non-hydrogen) atoms. The highest BCUT2D eigenvalue weighted by Gasteiger charge is 3.02. The Bertz CT molecular complexity index is 534. The van der Waals surface area contributed by atoms with E-state index >= 15 is 0 Å². The van der Waals surface area contributed by atoms with Crippen LogP contribution in [-0.2, 0) is 0 Å². The third-order valence-electron chi connectivity index (χ3n) is 8.66. The van der Waals surface area contributed by atoms with Gasteiger partial charge in [-0.3, -0.25) is 0 Å². The van der Waals surface area contributed by atoms with E-state index in [9.17, 15) is 15.3 Å². The first-order valence-electron chi connectivity index (χ1n) is 7.24. The average Bonchev–Trinajstić information content (AvgIpc) is 2.87. The van der Waals surface area contributed by atoms with E-state index < -0.39 is 16.8 Å². The molecule has 0 aromatic carbocycles. The van der Waals surface area contributed by atoms with Gasteiger partial charge in [-0.25, -0.2) is 0 Å². The summed E-state index contributed by atoms with van der Waals surface area (Å²) in [6.07, 6.45) is 2.07. The normalized spacial score (nSPS) is 94.4. The van der Waals surface area contributed by atoms with Crippen LogP contribution in [0.5, 0.6) is 0 Å². The molecule has 0 heterocycles. The quantitative estimate of drug-likeness (QED) is 0.532. The summed E-state index contributed by atoms with van der Waals surface area (Å²) in [5, 5.41) is 33.7. The molecule has 0 aromatic heterocycles. The van der Waals surface area contributed by atoms with Crippen LogP contribution in [0, 0.1) is 53.3 Å². The van der Waals surface area contributed by atoms with Crippen LogP contribution in [0.15, 0.2) is 0 Å². The lowest BCUT2D eigenvalue weighted by Gasteiger charge is -2.53. The van der Waals surface area contributed by atoms with E-state index in [4.69, 9.17) is 0 Å². The van der Waals surface area contributed by atoms with Gasteiger partial charge in [0.15, 0.2) is 0 Å². The lowest BCUT2D eigenvalue weighted by atomic mass is 9.59. The van der Waals surface area contributed by atoms with Crippen LogP contribution in [-0.4, -0.2) is 32.1 Å². The minimum absolute atomic E-state index is 0.00722. The van der Waals surface area contributed by atoms with Crippen molar-refractivity contribution < 1.29 is 15.3 Å². The predicted octanol–water partition coefficient (Wildman–Crippen LogP) is -0.399. The zero-order chi connectivity index (χ0) is 11.1. The van der Waals surface area contributed by atoms with Gasteiger partial charge in [0.1, 0.15) is 11.2 Å². The molecule has 0 spiro atoms. The smallest absolute Gasteiger partial charge is 0.103 e. The van der Waals surface area contributed by atoms with E-state index in [-0.39, 0.29) is 17.8 Å². The van der Waals surface area contributed by atoms with E-state index in [2.05, 4.69) is 0 Å². The first-order valence-corrected chi connectivity index (χ1v) is 7.24. The topological polar surface area (TPSA) is 60.7 Å². The Morgan fingerprint density at radius 2 is 1.59 bits per heavy atom. The zero-order valence-electron chi connectivity index (χ0n) is 9.45. The second-order valence-corrected chi connectivity index (χ2v) is 8.18. The molecule has 12 atom stereocenters. The first-order chi connectivity index (χ1) is 8.07. The molecule has 0 amide bonds. The van der Waals surface area contributed by atoms with Gasteiger partial charge in [-0.2, -0.15) is 0 Å². The van der Waals surface area contributed by atoms with Gasteiger partial charge < -0.3 is 15.3 Å². The van der Waals surface area contributed by atoms with Crippen LogP contribution in [0.25, 0.3) is 0 Å². The summed E-state index contributed by atoms with van der Waals surface area (Å²) in [6, 6.07) is 0. The van der Waals surface area contributed by atoms with E-state index in [0.29, 0.717) is 35.5 Å². The van der Waals surface area contributed by atoms with Crippen molar-refractivity contribution in [3.63, 3.8) is 0 Å². The molecule has 0 unspecified atom stereocenters. The van der Waals surface area contributed by atoms with Gasteiger partial charge in [0.2, 0.25) is 0 Å². The highest BCUT2D eigenvalue weighted by atomic mass is 16.4. The lowest BCUT2D eigenvalue weighted by molar-refractivity contribution is -0.246. The Morgan fingerprint density at radius 3 is 2.29 bits per heavy atom. The van der Waals surface area contributed by atoms with Crippen LogP contribution in [0.3, 0.4) is 0 Å². The van der Waals surface area contributed by atoms with E-state index in [1.54, 1.807) is 0 Å². The molecule has 9 aliphatic rings. The standard InChI is InChI=1S/C14H16O3/c15-12-6-2-4-9(12)10(4)14(6,17)13(16)5-1-3-7(8(3)13)11(5)12/h3-11,15-17H,1-2H2/t3-,4+,5+,6-,7+,8-,9-,10+,11+,12+,13+,14-/m0/s1. The second-order valence-electron chi connectivity index (χ2n) is 8.18. The molecule has 9 rings (SSSR count). The van der Waals surface area contributed by atoms with Crippen molar-refractivity contribution in [1.29, 1.82) is 0 Å². The summed E-state index contributed by atoms with van der Waals surface area (Å²) in [7, 11) is 0. The molecule has 9 saturated carbocycles. The Kier molecular flexibility index (Phi) is 0.765. The zero-order valence-corrected chi connectivity index (χ0v) is 9.45. The van der Waals surface area contributed by atoms with Gasteiger partial charge in [-0.1, -0.05) is 0 Å². The van der Waals surface area contributed by atoms with E-state index in [1.807, 2.05) is 0 Å². The van der Waals surface area contributed by atoms with Gasteiger partial charge in [-0.15, -0.1) is 0 Å². The molecule has 0 saturated heterocycles. The minimum atomic E-state index is -0.900. The van der Waals surface area contributed by atoms with Crippen LogP contribution in [0.2, 0.25) is 0 Å². The number of aliphatic hydroxyl groups is 3. The largest absolute Gasteiger partial charge is 0.389 e. The Labute approximate surface area is 98.8 Å². The molecule has 3 nitrogen and oxygen atoms in total. The third kappa shape index (κ3) is 0.405. The summed E-state index contributed by atoms with van der Waals surface area (Å²) in [6.45, 7) is 0. The highest BCUT2D eigenvalue weighted by Crippen LogP contribution is 2.95.